The normalized spacial score (nSPS) is 11.8. The van der Waals surface area contributed by atoms with Crippen LogP contribution in [0.1, 0.15) is 88.0 Å². The van der Waals surface area contributed by atoms with Gasteiger partial charge in [0.1, 0.15) is 0 Å². The summed E-state index contributed by atoms with van der Waals surface area (Å²) in [6.07, 6.45) is 9.91. The molecule has 0 spiro atoms. The fourth-order valence-electron chi connectivity index (χ4n) is 3.44. The summed E-state index contributed by atoms with van der Waals surface area (Å²) < 4.78 is 0. The summed E-state index contributed by atoms with van der Waals surface area (Å²) in [5.41, 5.74) is 6.86. The fourth-order valence-corrected chi connectivity index (χ4v) is 3.44. The van der Waals surface area contributed by atoms with Crippen molar-refractivity contribution in [1.82, 2.24) is 4.98 Å². The molecule has 1 heterocycles. The standard InChI is InChI=1S/C24H33NO/c1-6-7-8-9-10-19-11-14-22(25-15-19)24-21(17(2)3)13-12-20(16-26)23(24)18(4)5/h9-15,17-18,26H,6-8,16H2,1-5H3. The van der Waals surface area contributed by atoms with Crippen molar-refractivity contribution < 1.29 is 5.11 Å². The Morgan fingerprint density at radius 3 is 2.35 bits per heavy atom. The van der Waals surface area contributed by atoms with Crippen LogP contribution in [0.2, 0.25) is 0 Å². The molecule has 1 N–H and O–H groups in total. The number of unbranched alkanes of at least 4 members (excludes halogenated alkanes) is 2. The molecule has 0 fully saturated rings. The highest BCUT2D eigenvalue weighted by Crippen LogP contribution is 2.37. The molecule has 0 amide bonds. The number of pyridine rings is 1. The van der Waals surface area contributed by atoms with Crippen molar-refractivity contribution in [2.24, 2.45) is 0 Å². The first-order valence-corrected chi connectivity index (χ1v) is 9.89. The van der Waals surface area contributed by atoms with Crippen LogP contribution in [-0.4, -0.2) is 10.1 Å². The number of benzene rings is 1. The zero-order valence-electron chi connectivity index (χ0n) is 16.9. The molecule has 2 rings (SSSR count). The van der Waals surface area contributed by atoms with Gasteiger partial charge in [0.25, 0.3) is 0 Å². The Morgan fingerprint density at radius 1 is 1.04 bits per heavy atom. The molecule has 0 saturated heterocycles. The molecule has 0 atom stereocenters. The second kappa shape index (κ2) is 9.68. The molecule has 0 bridgehead atoms. The Labute approximate surface area is 159 Å². The maximum atomic E-state index is 9.82. The van der Waals surface area contributed by atoms with Crippen molar-refractivity contribution in [1.29, 1.82) is 0 Å². The first-order valence-electron chi connectivity index (χ1n) is 9.89. The zero-order chi connectivity index (χ0) is 19.1. The molecule has 0 radical (unpaired) electrons. The molecule has 140 valence electrons. The Kier molecular flexibility index (Phi) is 7.59. The number of hydrogen-bond acceptors (Lipinski definition) is 2. The summed E-state index contributed by atoms with van der Waals surface area (Å²) in [5.74, 6) is 0.743. The summed E-state index contributed by atoms with van der Waals surface area (Å²) in [6.45, 7) is 11.1. The van der Waals surface area contributed by atoms with Gasteiger partial charge in [0, 0.05) is 11.8 Å². The van der Waals surface area contributed by atoms with Crippen LogP contribution in [0.25, 0.3) is 17.3 Å². The van der Waals surface area contributed by atoms with E-state index in [1.165, 1.54) is 29.5 Å². The van der Waals surface area contributed by atoms with E-state index in [9.17, 15) is 5.11 Å². The van der Waals surface area contributed by atoms with E-state index in [2.05, 4.69) is 71.0 Å². The quantitative estimate of drug-likeness (QED) is 0.537. The molecule has 0 unspecified atom stereocenters. The number of aliphatic hydroxyl groups is 1. The fraction of sp³-hybridized carbons (Fsp3) is 0.458. The van der Waals surface area contributed by atoms with E-state index in [1.54, 1.807) is 0 Å². The van der Waals surface area contributed by atoms with Crippen LogP contribution in [0.4, 0.5) is 0 Å². The van der Waals surface area contributed by atoms with Gasteiger partial charge in [-0.05, 0) is 46.6 Å². The van der Waals surface area contributed by atoms with Gasteiger partial charge in [0.05, 0.1) is 12.3 Å². The van der Waals surface area contributed by atoms with E-state index in [4.69, 9.17) is 4.98 Å². The molecular weight excluding hydrogens is 318 g/mol. The maximum Gasteiger partial charge on any atom is 0.0708 e. The van der Waals surface area contributed by atoms with Gasteiger partial charge in [-0.25, -0.2) is 0 Å². The third-order valence-electron chi connectivity index (χ3n) is 4.81. The van der Waals surface area contributed by atoms with Gasteiger partial charge in [-0.3, -0.25) is 4.98 Å². The van der Waals surface area contributed by atoms with Gasteiger partial charge in [-0.1, -0.05) is 77.8 Å². The van der Waals surface area contributed by atoms with Crippen molar-refractivity contribution in [3.63, 3.8) is 0 Å². The Hall–Kier alpha value is -1.93. The summed E-state index contributed by atoms with van der Waals surface area (Å²) in [7, 11) is 0. The van der Waals surface area contributed by atoms with E-state index in [0.29, 0.717) is 11.8 Å². The lowest BCUT2D eigenvalue weighted by Crippen LogP contribution is -2.05. The molecule has 2 aromatic rings. The third kappa shape index (κ3) is 4.82. The molecule has 1 aromatic heterocycles. The minimum Gasteiger partial charge on any atom is -0.392 e. The van der Waals surface area contributed by atoms with Gasteiger partial charge in [-0.15, -0.1) is 0 Å². The van der Waals surface area contributed by atoms with Gasteiger partial charge < -0.3 is 5.11 Å². The van der Waals surface area contributed by atoms with Crippen LogP contribution in [-0.2, 0) is 6.61 Å². The van der Waals surface area contributed by atoms with Gasteiger partial charge in [0.2, 0.25) is 0 Å². The van der Waals surface area contributed by atoms with E-state index in [-0.39, 0.29) is 6.61 Å². The summed E-state index contributed by atoms with van der Waals surface area (Å²) in [4.78, 5) is 4.78. The second-order valence-corrected chi connectivity index (χ2v) is 7.59. The monoisotopic (exact) mass is 351 g/mol. The highest BCUT2D eigenvalue weighted by atomic mass is 16.3. The van der Waals surface area contributed by atoms with Gasteiger partial charge in [0.15, 0.2) is 0 Å². The van der Waals surface area contributed by atoms with Crippen LogP contribution in [0.5, 0.6) is 0 Å². The predicted molar refractivity (Wildman–Crippen MR) is 112 cm³/mol. The summed E-state index contributed by atoms with van der Waals surface area (Å²) in [5, 5.41) is 9.82. The first kappa shape index (κ1) is 20.4. The topological polar surface area (TPSA) is 33.1 Å². The van der Waals surface area contributed by atoms with E-state index in [0.717, 1.165) is 23.2 Å². The first-order chi connectivity index (χ1) is 12.5. The Morgan fingerprint density at radius 2 is 1.81 bits per heavy atom. The van der Waals surface area contributed by atoms with Crippen LogP contribution >= 0.6 is 0 Å². The number of allylic oxidation sites excluding steroid dienone is 1. The molecule has 26 heavy (non-hydrogen) atoms. The van der Waals surface area contributed by atoms with Crippen LogP contribution in [0, 0.1) is 0 Å². The number of aliphatic hydroxyl groups excluding tert-OH is 1. The van der Waals surface area contributed by atoms with E-state index < -0.39 is 0 Å². The minimum atomic E-state index is 0.0666. The van der Waals surface area contributed by atoms with Gasteiger partial charge in [-0.2, -0.15) is 0 Å². The SMILES string of the molecule is CCCCC=Cc1ccc(-c2c(C(C)C)ccc(CO)c2C(C)C)nc1. The largest absolute Gasteiger partial charge is 0.392 e. The molecule has 0 aliphatic heterocycles. The van der Waals surface area contributed by atoms with Crippen molar-refractivity contribution in [3.05, 3.63) is 58.8 Å². The van der Waals surface area contributed by atoms with Crippen LogP contribution in [0.3, 0.4) is 0 Å². The Bertz CT molecular complexity index is 727. The summed E-state index contributed by atoms with van der Waals surface area (Å²) in [6, 6.07) is 8.48. The van der Waals surface area contributed by atoms with Crippen LogP contribution < -0.4 is 0 Å². The highest BCUT2D eigenvalue weighted by Gasteiger charge is 2.19. The van der Waals surface area contributed by atoms with Crippen molar-refractivity contribution in [2.75, 3.05) is 0 Å². The third-order valence-corrected chi connectivity index (χ3v) is 4.81. The molecule has 0 aliphatic rings. The average molecular weight is 352 g/mol. The lowest BCUT2D eigenvalue weighted by Gasteiger charge is -2.22. The zero-order valence-corrected chi connectivity index (χ0v) is 16.9. The van der Waals surface area contributed by atoms with E-state index in [1.807, 2.05) is 6.20 Å². The molecular formula is C24H33NO. The molecule has 0 aliphatic carbocycles. The summed E-state index contributed by atoms with van der Waals surface area (Å²) >= 11 is 0. The lowest BCUT2D eigenvalue weighted by molar-refractivity contribution is 0.280. The van der Waals surface area contributed by atoms with Crippen molar-refractivity contribution >= 4 is 6.08 Å². The van der Waals surface area contributed by atoms with Gasteiger partial charge >= 0.3 is 0 Å². The number of rotatable bonds is 8. The van der Waals surface area contributed by atoms with Crippen molar-refractivity contribution in [2.45, 2.75) is 72.3 Å². The molecule has 0 saturated carbocycles. The molecule has 1 aromatic carbocycles. The number of nitrogens with zero attached hydrogens (tertiary/aromatic N) is 1. The average Bonchev–Trinajstić information content (AvgIpc) is 2.64. The smallest absolute Gasteiger partial charge is 0.0708 e. The second-order valence-electron chi connectivity index (χ2n) is 7.59. The van der Waals surface area contributed by atoms with E-state index >= 15 is 0 Å². The maximum absolute atomic E-state index is 9.82. The highest BCUT2D eigenvalue weighted by molar-refractivity contribution is 5.71. The van der Waals surface area contributed by atoms with Crippen molar-refractivity contribution in [3.8, 4) is 11.3 Å². The number of aromatic nitrogens is 1. The predicted octanol–water partition coefficient (Wildman–Crippen LogP) is 6.69. The number of hydrogen-bond donors (Lipinski definition) is 1. The minimum absolute atomic E-state index is 0.0666. The molecule has 2 nitrogen and oxygen atoms in total. The molecule has 2 heteroatoms. The van der Waals surface area contributed by atoms with Crippen LogP contribution in [0.15, 0.2) is 36.5 Å². The Balaban J connectivity index is 2.47. The lowest BCUT2D eigenvalue weighted by atomic mass is 9.84.